The van der Waals surface area contributed by atoms with Crippen LogP contribution in [0.2, 0.25) is 0 Å². The minimum atomic E-state index is -4.81. The van der Waals surface area contributed by atoms with Gasteiger partial charge in [0.15, 0.2) is 0 Å². The number of benzene rings is 1. The minimum absolute atomic E-state index is 0.319. The Balaban J connectivity index is 2.12. The SMILES string of the molecule is CCCCCCCC[C@H](OC(C)=O)[C@@H](O)CCCCCCCCCCCCCCCc1cc(OS(=O)(=O)O)cc(OS(=O)(=O)O)c1. The Morgan fingerprint density at radius 2 is 1.02 bits per heavy atom. The van der Waals surface area contributed by atoms with Gasteiger partial charge in [-0.25, -0.2) is 0 Å². The Kier molecular flexibility index (Phi) is 22.2. The lowest BCUT2D eigenvalue weighted by molar-refractivity contribution is -0.153. The highest BCUT2D eigenvalue weighted by molar-refractivity contribution is 7.81. The first kappa shape index (κ1) is 42.1. The molecule has 0 heterocycles. The van der Waals surface area contributed by atoms with Gasteiger partial charge in [0.05, 0.1) is 6.10 Å². The van der Waals surface area contributed by atoms with Crippen molar-refractivity contribution in [3.8, 4) is 11.5 Å². The number of hydrogen-bond donors (Lipinski definition) is 3. The minimum Gasteiger partial charge on any atom is -0.460 e. The van der Waals surface area contributed by atoms with Gasteiger partial charge in [0.2, 0.25) is 0 Å². The second-order valence-corrected chi connectivity index (χ2v) is 14.3. The topological polar surface area (TPSA) is 174 Å². The van der Waals surface area contributed by atoms with Gasteiger partial charge in [-0.15, -0.1) is 0 Å². The van der Waals surface area contributed by atoms with Crippen LogP contribution in [0.25, 0.3) is 0 Å². The number of aliphatic hydroxyl groups is 1. The van der Waals surface area contributed by atoms with Gasteiger partial charge in [-0.1, -0.05) is 116 Å². The van der Waals surface area contributed by atoms with Gasteiger partial charge in [0.1, 0.15) is 17.6 Å². The van der Waals surface area contributed by atoms with Crippen molar-refractivity contribution in [2.75, 3.05) is 0 Å². The lowest BCUT2D eigenvalue weighted by Crippen LogP contribution is -2.30. The van der Waals surface area contributed by atoms with Crippen molar-refractivity contribution in [3.05, 3.63) is 23.8 Å². The van der Waals surface area contributed by atoms with Gasteiger partial charge in [-0.3, -0.25) is 13.9 Å². The first-order valence-electron chi connectivity index (χ1n) is 17.1. The molecule has 0 fully saturated rings. The van der Waals surface area contributed by atoms with E-state index < -0.39 is 26.9 Å². The van der Waals surface area contributed by atoms with Gasteiger partial charge >= 0.3 is 26.8 Å². The first-order valence-corrected chi connectivity index (χ1v) is 19.8. The third-order valence-electron chi connectivity index (χ3n) is 7.90. The van der Waals surface area contributed by atoms with Gasteiger partial charge in [0.25, 0.3) is 0 Å². The molecule has 13 heteroatoms. The molecule has 0 aliphatic rings. The summed E-state index contributed by atoms with van der Waals surface area (Å²) in [4.78, 5) is 11.5. The zero-order valence-corrected chi connectivity index (χ0v) is 29.5. The van der Waals surface area contributed by atoms with E-state index in [-0.39, 0.29) is 23.6 Å². The Morgan fingerprint density at radius 3 is 1.43 bits per heavy atom. The summed E-state index contributed by atoms with van der Waals surface area (Å²) in [6.45, 7) is 3.61. The van der Waals surface area contributed by atoms with Crippen molar-refractivity contribution in [2.45, 2.75) is 167 Å². The molecule has 46 heavy (non-hydrogen) atoms. The highest BCUT2D eigenvalue weighted by Gasteiger charge is 2.21. The molecule has 0 amide bonds. The monoisotopic (exact) mass is 694 g/mol. The van der Waals surface area contributed by atoms with E-state index in [1.807, 2.05) is 0 Å². The number of ether oxygens (including phenoxy) is 1. The van der Waals surface area contributed by atoms with E-state index >= 15 is 0 Å². The van der Waals surface area contributed by atoms with Crippen LogP contribution in [-0.4, -0.2) is 49.2 Å². The third-order valence-corrected chi connectivity index (χ3v) is 8.70. The molecule has 0 aromatic heterocycles. The van der Waals surface area contributed by atoms with E-state index in [0.717, 1.165) is 76.7 Å². The summed E-state index contributed by atoms with van der Waals surface area (Å²) in [7, 11) is -9.61. The van der Waals surface area contributed by atoms with E-state index in [1.165, 1.54) is 76.8 Å². The summed E-state index contributed by atoms with van der Waals surface area (Å²) in [5, 5.41) is 10.6. The molecule has 11 nitrogen and oxygen atoms in total. The van der Waals surface area contributed by atoms with Gasteiger partial charge < -0.3 is 18.2 Å². The fourth-order valence-corrected chi connectivity index (χ4v) is 6.28. The van der Waals surface area contributed by atoms with Crippen LogP contribution in [0.4, 0.5) is 0 Å². The highest BCUT2D eigenvalue weighted by atomic mass is 32.3. The van der Waals surface area contributed by atoms with Crippen molar-refractivity contribution < 1.29 is 48.9 Å². The van der Waals surface area contributed by atoms with Gasteiger partial charge in [0, 0.05) is 13.0 Å². The third kappa shape index (κ3) is 24.3. The molecule has 0 saturated carbocycles. The Bertz CT molecular complexity index is 1120. The number of carbonyl (C=O) groups is 1. The summed E-state index contributed by atoms with van der Waals surface area (Å²) < 4.78 is 76.2. The molecule has 1 aromatic carbocycles. The molecule has 0 bridgehead atoms. The van der Waals surface area contributed by atoms with E-state index in [2.05, 4.69) is 15.3 Å². The molecular weight excluding hydrogens is 636 g/mol. The molecule has 0 saturated heterocycles. The molecule has 0 radical (unpaired) electrons. The summed E-state index contributed by atoms with van der Waals surface area (Å²) >= 11 is 0. The molecule has 0 aliphatic carbocycles. The maximum absolute atomic E-state index is 11.5. The Morgan fingerprint density at radius 1 is 0.630 bits per heavy atom. The van der Waals surface area contributed by atoms with Crippen LogP contribution in [-0.2, 0) is 36.8 Å². The van der Waals surface area contributed by atoms with Crippen molar-refractivity contribution in [1.29, 1.82) is 0 Å². The standard InChI is InChI=1S/C33H58O11S2/c1-3-4-5-6-18-21-24-33(42-28(2)34)32(35)23-20-17-15-13-11-9-7-8-10-12-14-16-19-22-29-25-30(43-45(36,37)38)27-31(26-29)44-46(39,40)41/h25-27,32-33,35H,3-24H2,1-2H3,(H,36,37,38)(H,39,40,41)/t32-,33-/m0/s1. The first-order chi connectivity index (χ1) is 21.8. The largest absolute Gasteiger partial charge is 0.460 e. The van der Waals surface area contributed by atoms with Gasteiger partial charge in [-0.05, 0) is 49.8 Å². The number of esters is 1. The molecule has 0 spiro atoms. The average Bonchev–Trinajstić information content (AvgIpc) is 2.94. The summed E-state index contributed by atoms with van der Waals surface area (Å²) in [6, 6.07) is 3.68. The predicted molar refractivity (Wildman–Crippen MR) is 179 cm³/mol. The fraction of sp³-hybridized carbons (Fsp3) is 0.788. The van der Waals surface area contributed by atoms with E-state index in [9.17, 15) is 26.7 Å². The Hall–Kier alpha value is -1.93. The zero-order chi connectivity index (χ0) is 34.3. The van der Waals surface area contributed by atoms with E-state index in [4.69, 9.17) is 13.8 Å². The summed E-state index contributed by atoms with van der Waals surface area (Å²) in [5.74, 6) is -0.958. The molecule has 0 aliphatic heterocycles. The lowest BCUT2D eigenvalue weighted by Gasteiger charge is -2.22. The number of aliphatic hydroxyl groups excluding tert-OH is 1. The van der Waals surface area contributed by atoms with Crippen molar-refractivity contribution in [3.63, 3.8) is 0 Å². The summed E-state index contributed by atoms with van der Waals surface area (Å²) in [6.07, 6.45) is 22.2. The number of hydrogen-bond acceptors (Lipinski definition) is 9. The van der Waals surface area contributed by atoms with Crippen LogP contribution in [0.15, 0.2) is 18.2 Å². The quantitative estimate of drug-likeness (QED) is 0.0420. The highest BCUT2D eigenvalue weighted by Crippen LogP contribution is 2.26. The van der Waals surface area contributed by atoms with Crippen LogP contribution >= 0.6 is 0 Å². The predicted octanol–water partition coefficient (Wildman–Crippen LogP) is 8.10. The number of carbonyl (C=O) groups excluding carboxylic acids is 1. The normalized spacial score (nSPS) is 13.3. The molecule has 0 unspecified atom stereocenters. The molecule has 3 N–H and O–H groups in total. The van der Waals surface area contributed by atoms with Crippen LogP contribution in [0.1, 0.15) is 154 Å². The van der Waals surface area contributed by atoms with Crippen LogP contribution in [0.5, 0.6) is 11.5 Å². The van der Waals surface area contributed by atoms with Gasteiger partial charge in [-0.2, -0.15) is 16.8 Å². The molecular formula is C33H58O11S2. The molecule has 1 aromatic rings. The van der Waals surface area contributed by atoms with Crippen molar-refractivity contribution >= 4 is 26.8 Å². The second-order valence-electron chi connectivity index (χ2n) is 12.2. The lowest BCUT2D eigenvalue weighted by atomic mass is 9.99. The summed E-state index contributed by atoms with van der Waals surface area (Å²) in [5.41, 5.74) is 0.547. The number of unbranched alkanes of at least 4 members (excludes halogenated alkanes) is 17. The molecule has 1 rings (SSSR count). The second kappa shape index (κ2) is 24.2. The maximum Gasteiger partial charge on any atom is 0.446 e. The van der Waals surface area contributed by atoms with Crippen LogP contribution < -0.4 is 8.37 Å². The van der Waals surface area contributed by atoms with Crippen LogP contribution in [0, 0.1) is 0 Å². The number of rotatable bonds is 29. The average molecular weight is 695 g/mol. The Labute approximate surface area is 277 Å². The fourth-order valence-electron chi connectivity index (χ4n) is 5.60. The van der Waals surface area contributed by atoms with E-state index in [1.54, 1.807) is 0 Å². The molecule has 2 atom stereocenters. The van der Waals surface area contributed by atoms with E-state index in [0.29, 0.717) is 18.4 Å². The zero-order valence-electron chi connectivity index (χ0n) is 27.9. The smallest absolute Gasteiger partial charge is 0.446 e. The van der Waals surface area contributed by atoms with Crippen molar-refractivity contribution in [2.24, 2.45) is 0 Å². The van der Waals surface area contributed by atoms with Crippen LogP contribution in [0.3, 0.4) is 0 Å². The molecule has 268 valence electrons. The number of aryl methyl sites for hydroxylation is 1. The maximum atomic E-state index is 11.5. The van der Waals surface area contributed by atoms with Crippen molar-refractivity contribution in [1.82, 2.24) is 0 Å².